The molecule has 0 aromatic carbocycles. The number of likely N-dealkylation sites (N-methyl/N-ethyl adjacent to an activating group) is 1. The van der Waals surface area contributed by atoms with E-state index in [4.69, 9.17) is 4.74 Å². The van der Waals surface area contributed by atoms with Crippen molar-refractivity contribution in [3.05, 3.63) is 0 Å². The Hall–Kier alpha value is -0.610. The number of nitrogens with zero attached hydrogens (tertiary/aromatic N) is 1. The molecule has 0 spiro atoms. The second kappa shape index (κ2) is 7.99. The van der Waals surface area contributed by atoms with Gasteiger partial charge in [-0.3, -0.25) is 4.79 Å². The number of ether oxygens (including phenoxy) is 1. The predicted molar refractivity (Wildman–Crippen MR) is 80.7 cm³/mol. The van der Waals surface area contributed by atoms with Gasteiger partial charge in [0.25, 0.3) is 0 Å². The molecule has 2 rings (SSSR count). The molecular weight excluding hydrogens is 252 g/mol. The molecule has 2 atom stereocenters. The van der Waals surface area contributed by atoms with Crippen LogP contribution in [0.2, 0.25) is 0 Å². The van der Waals surface area contributed by atoms with Gasteiger partial charge >= 0.3 is 5.97 Å². The molecule has 0 radical (unpaired) electrons. The van der Waals surface area contributed by atoms with Crippen molar-refractivity contribution in [1.29, 1.82) is 0 Å². The van der Waals surface area contributed by atoms with Crippen LogP contribution in [0.1, 0.15) is 51.9 Å². The molecule has 1 saturated carbocycles. The molecule has 2 unspecified atom stereocenters. The highest BCUT2D eigenvalue weighted by Gasteiger charge is 2.28. The molecule has 0 aromatic heterocycles. The Morgan fingerprint density at radius 2 is 2.00 bits per heavy atom. The van der Waals surface area contributed by atoms with Crippen LogP contribution in [-0.2, 0) is 9.53 Å². The van der Waals surface area contributed by atoms with E-state index >= 15 is 0 Å². The van der Waals surface area contributed by atoms with Crippen LogP contribution in [0.5, 0.6) is 0 Å². The second-order valence-electron chi connectivity index (χ2n) is 6.51. The highest BCUT2D eigenvalue weighted by Crippen LogP contribution is 2.24. The summed E-state index contributed by atoms with van der Waals surface area (Å²) in [6.45, 7) is 4.62. The van der Waals surface area contributed by atoms with Gasteiger partial charge in [0.1, 0.15) is 0 Å². The van der Waals surface area contributed by atoms with Gasteiger partial charge in [-0.05, 0) is 45.6 Å². The monoisotopic (exact) mass is 282 g/mol. The van der Waals surface area contributed by atoms with Crippen LogP contribution in [0, 0.1) is 5.92 Å². The summed E-state index contributed by atoms with van der Waals surface area (Å²) >= 11 is 0. The Kier molecular flexibility index (Phi) is 6.30. The van der Waals surface area contributed by atoms with E-state index < -0.39 is 0 Å². The molecule has 4 heteroatoms. The van der Waals surface area contributed by atoms with Crippen molar-refractivity contribution >= 4 is 5.97 Å². The summed E-state index contributed by atoms with van der Waals surface area (Å²) in [6, 6.07) is 1.33. The highest BCUT2D eigenvalue weighted by molar-refractivity contribution is 5.69. The minimum atomic E-state index is -0.0407. The number of hydrogen-bond acceptors (Lipinski definition) is 4. The topological polar surface area (TPSA) is 41.6 Å². The summed E-state index contributed by atoms with van der Waals surface area (Å²) in [5.74, 6) is 0.582. The summed E-state index contributed by atoms with van der Waals surface area (Å²) in [5.41, 5.74) is 0. The minimum absolute atomic E-state index is 0.0407. The fourth-order valence-electron chi connectivity index (χ4n) is 3.75. The molecule has 2 fully saturated rings. The van der Waals surface area contributed by atoms with E-state index in [1.54, 1.807) is 0 Å². The summed E-state index contributed by atoms with van der Waals surface area (Å²) in [6.07, 6.45) is 8.19. The fraction of sp³-hybridized carbons (Fsp3) is 0.938. The molecule has 20 heavy (non-hydrogen) atoms. The van der Waals surface area contributed by atoms with Crippen molar-refractivity contribution in [3.63, 3.8) is 0 Å². The first-order valence-electron chi connectivity index (χ1n) is 8.27. The Balaban J connectivity index is 1.73. The molecule has 1 N–H and O–H groups in total. The normalized spacial score (nSPS) is 28.7. The predicted octanol–water partition coefficient (Wildman–Crippen LogP) is 2.18. The maximum Gasteiger partial charge on any atom is 0.305 e. The van der Waals surface area contributed by atoms with Gasteiger partial charge in [0, 0.05) is 31.6 Å². The molecule has 1 aliphatic carbocycles. The van der Waals surface area contributed by atoms with Crippen LogP contribution < -0.4 is 5.32 Å². The zero-order chi connectivity index (χ0) is 14.4. The molecule has 1 heterocycles. The molecule has 2 aliphatic rings. The van der Waals surface area contributed by atoms with Crippen LogP contribution in [0.25, 0.3) is 0 Å². The van der Waals surface area contributed by atoms with Crippen LogP contribution in [-0.4, -0.2) is 49.7 Å². The van der Waals surface area contributed by atoms with Gasteiger partial charge in [-0.1, -0.05) is 12.8 Å². The first-order valence-corrected chi connectivity index (χ1v) is 8.27. The summed E-state index contributed by atoms with van der Waals surface area (Å²) in [5, 5.41) is 3.83. The average Bonchev–Trinajstić information content (AvgIpc) is 2.89. The summed E-state index contributed by atoms with van der Waals surface area (Å²) in [4.78, 5) is 13.9. The number of nitrogens with one attached hydrogen (secondary N) is 1. The number of esters is 1. The third-order valence-electron chi connectivity index (χ3n) is 4.61. The van der Waals surface area contributed by atoms with Crippen molar-refractivity contribution < 1.29 is 9.53 Å². The summed E-state index contributed by atoms with van der Waals surface area (Å²) in [7, 11) is 2.19. The lowest BCUT2D eigenvalue weighted by Crippen LogP contribution is -2.50. The van der Waals surface area contributed by atoms with E-state index in [0.29, 0.717) is 25.0 Å². The van der Waals surface area contributed by atoms with Crippen molar-refractivity contribution in [2.75, 3.05) is 26.7 Å². The van der Waals surface area contributed by atoms with Gasteiger partial charge < -0.3 is 15.0 Å². The Morgan fingerprint density at radius 3 is 2.70 bits per heavy atom. The first kappa shape index (κ1) is 15.8. The highest BCUT2D eigenvalue weighted by atomic mass is 16.5. The number of piperidine rings is 1. The van der Waals surface area contributed by atoms with Gasteiger partial charge in [0.15, 0.2) is 0 Å². The van der Waals surface area contributed by atoms with Crippen molar-refractivity contribution in [2.45, 2.75) is 64.0 Å². The zero-order valence-corrected chi connectivity index (χ0v) is 13.1. The van der Waals surface area contributed by atoms with Gasteiger partial charge in [-0.15, -0.1) is 0 Å². The summed E-state index contributed by atoms with van der Waals surface area (Å²) < 4.78 is 5.03. The number of hydrogen-bond donors (Lipinski definition) is 1. The lowest BCUT2D eigenvalue weighted by atomic mass is 9.90. The smallest absolute Gasteiger partial charge is 0.305 e. The largest absolute Gasteiger partial charge is 0.466 e. The van der Waals surface area contributed by atoms with E-state index in [1.807, 2.05) is 6.92 Å². The molecule has 0 bridgehead atoms. The maximum atomic E-state index is 11.5. The Bertz CT molecular complexity index is 303. The van der Waals surface area contributed by atoms with Crippen molar-refractivity contribution in [3.8, 4) is 0 Å². The second-order valence-corrected chi connectivity index (χ2v) is 6.51. The van der Waals surface area contributed by atoms with Crippen LogP contribution in [0.15, 0.2) is 0 Å². The third kappa shape index (κ3) is 5.06. The lowest BCUT2D eigenvalue weighted by molar-refractivity contribution is -0.143. The standard InChI is InChI=1S/C16H30N2O2/c1-3-20-16(19)9-8-13-10-15(12-18(2)11-13)17-14-6-4-5-7-14/h13-15,17H,3-12H2,1-2H3. The zero-order valence-electron chi connectivity index (χ0n) is 13.1. The first-order chi connectivity index (χ1) is 9.67. The molecule has 0 aromatic rings. The molecule has 0 amide bonds. The number of rotatable bonds is 6. The number of carbonyl (C=O) groups is 1. The minimum Gasteiger partial charge on any atom is -0.466 e. The van der Waals surface area contributed by atoms with E-state index in [0.717, 1.165) is 25.6 Å². The fourth-order valence-corrected chi connectivity index (χ4v) is 3.75. The van der Waals surface area contributed by atoms with Gasteiger partial charge in [-0.25, -0.2) is 0 Å². The molecule has 1 aliphatic heterocycles. The van der Waals surface area contributed by atoms with E-state index in [-0.39, 0.29) is 5.97 Å². The SMILES string of the molecule is CCOC(=O)CCC1CC(NC2CCCC2)CN(C)C1. The Labute approximate surface area is 123 Å². The maximum absolute atomic E-state index is 11.5. The molecule has 4 nitrogen and oxygen atoms in total. The van der Waals surface area contributed by atoms with Gasteiger partial charge in [0.2, 0.25) is 0 Å². The van der Waals surface area contributed by atoms with Gasteiger partial charge in [0.05, 0.1) is 6.61 Å². The lowest BCUT2D eigenvalue weighted by Gasteiger charge is -2.37. The van der Waals surface area contributed by atoms with E-state index in [1.165, 1.54) is 32.1 Å². The van der Waals surface area contributed by atoms with Crippen LogP contribution in [0.3, 0.4) is 0 Å². The number of carbonyl (C=O) groups excluding carboxylic acids is 1. The van der Waals surface area contributed by atoms with Gasteiger partial charge in [-0.2, -0.15) is 0 Å². The van der Waals surface area contributed by atoms with E-state index in [2.05, 4.69) is 17.3 Å². The molecule has 1 saturated heterocycles. The number of likely N-dealkylation sites (tertiary alicyclic amines) is 1. The quantitative estimate of drug-likeness (QED) is 0.758. The molecule has 116 valence electrons. The third-order valence-corrected chi connectivity index (χ3v) is 4.61. The van der Waals surface area contributed by atoms with Crippen molar-refractivity contribution in [2.24, 2.45) is 5.92 Å². The average molecular weight is 282 g/mol. The van der Waals surface area contributed by atoms with Crippen molar-refractivity contribution in [1.82, 2.24) is 10.2 Å². The van der Waals surface area contributed by atoms with Crippen LogP contribution >= 0.6 is 0 Å². The molecular formula is C16H30N2O2. The Morgan fingerprint density at radius 1 is 1.25 bits per heavy atom. The van der Waals surface area contributed by atoms with E-state index in [9.17, 15) is 4.79 Å². The van der Waals surface area contributed by atoms with Crippen LogP contribution in [0.4, 0.5) is 0 Å².